The second-order valence-corrected chi connectivity index (χ2v) is 8.64. The number of rotatable bonds is 6. The van der Waals surface area contributed by atoms with E-state index in [2.05, 4.69) is 46.1 Å². The molecule has 176 valence electrons. The summed E-state index contributed by atoms with van der Waals surface area (Å²) in [4.78, 5) is 11.5. The van der Waals surface area contributed by atoms with E-state index >= 15 is 0 Å². The predicted octanol–water partition coefficient (Wildman–Crippen LogP) is 1.97. The molecule has 0 saturated carbocycles. The van der Waals surface area contributed by atoms with Crippen LogP contribution in [0.1, 0.15) is 30.8 Å². The maximum absolute atomic E-state index is 11.5. The SMILES string of the molecule is CCN(CC)c1ccc(N=c2/c(=C/S(=O)[O-])[nH]n3c(-c4cc(C)n(C)n4)c(C#N)nc23)c(C)c1. The van der Waals surface area contributed by atoms with Gasteiger partial charge in [0.05, 0.1) is 11.0 Å². The van der Waals surface area contributed by atoms with Crippen molar-refractivity contribution in [3.05, 3.63) is 51.9 Å². The molecule has 3 heterocycles. The first-order chi connectivity index (χ1) is 16.3. The van der Waals surface area contributed by atoms with Crippen molar-refractivity contribution in [2.45, 2.75) is 27.7 Å². The molecular formula is C23H25N8O2S-. The van der Waals surface area contributed by atoms with Crippen molar-refractivity contribution in [3.8, 4) is 17.5 Å². The molecule has 4 aromatic rings. The normalized spacial score (nSPS) is 13.6. The monoisotopic (exact) mass is 477 g/mol. The number of aromatic nitrogens is 5. The molecule has 0 amide bonds. The second kappa shape index (κ2) is 9.24. The molecule has 0 fully saturated rings. The molecule has 0 aliphatic rings. The average molecular weight is 478 g/mol. The summed E-state index contributed by atoms with van der Waals surface area (Å²) in [5.74, 6) is 0. The van der Waals surface area contributed by atoms with Gasteiger partial charge in [-0.1, -0.05) is 0 Å². The summed E-state index contributed by atoms with van der Waals surface area (Å²) in [6.07, 6.45) is 0. The van der Waals surface area contributed by atoms with Crippen LogP contribution in [0.4, 0.5) is 11.4 Å². The van der Waals surface area contributed by atoms with E-state index in [4.69, 9.17) is 4.99 Å². The lowest BCUT2D eigenvalue weighted by atomic mass is 10.1. The van der Waals surface area contributed by atoms with Crippen LogP contribution in [0.25, 0.3) is 22.4 Å². The van der Waals surface area contributed by atoms with E-state index < -0.39 is 11.1 Å². The van der Waals surface area contributed by atoms with Gasteiger partial charge in [-0.3, -0.25) is 14.0 Å². The first-order valence-electron chi connectivity index (χ1n) is 10.8. The fourth-order valence-electron chi connectivity index (χ4n) is 3.93. The molecule has 3 aromatic heterocycles. The number of imidazole rings is 1. The van der Waals surface area contributed by atoms with Gasteiger partial charge in [0.15, 0.2) is 11.3 Å². The van der Waals surface area contributed by atoms with E-state index in [1.165, 1.54) is 0 Å². The van der Waals surface area contributed by atoms with Crippen LogP contribution < -0.4 is 15.6 Å². The molecule has 1 unspecified atom stereocenters. The fourth-order valence-corrected chi connectivity index (χ4v) is 4.29. The van der Waals surface area contributed by atoms with E-state index in [0.717, 1.165) is 35.4 Å². The van der Waals surface area contributed by atoms with Gasteiger partial charge in [-0.2, -0.15) is 10.4 Å². The minimum Gasteiger partial charge on any atom is -0.769 e. The lowest BCUT2D eigenvalue weighted by molar-refractivity contribution is 0.549. The topological polar surface area (TPSA) is 130 Å². The van der Waals surface area contributed by atoms with Gasteiger partial charge < -0.3 is 9.45 Å². The minimum atomic E-state index is -2.47. The van der Waals surface area contributed by atoms with Crippen molar-refractivity contribution in [2.75, 3.05) is 18.0 Å². The highest BCUT2D eigenvalue weighted by molar-refractivity contribution is 7.87. The van der Waals surface area contributed by atoms with Crippen LogP contribution in [0.5, 0.6) is 0 Å². The van der Waals surface area contributed by atoms with Gasteiger partial charge >= 0.3 is 0 Å². The number of nitrogens with zero attached hydrogens (tertiary/aromatic N) is 7. The summed E-state index contributed by atoms with van der Waals surface area (Å²) in [5, 5.41) is 18.9. The third kappa shape index (κ3) is 4.13. The zero-order valence-corrected chi connectivity index (χ0v) is 20.5. The fraction of sp³-hybridized carbons (Fsp3) is 0.304. The molecule has 1 atom stereocenters. The maximum Gasteiger partial charge on any atom is 0.181 e. The first kappa shape index (κ1) is 23.4. The largest absolute Gasteiger partial charge is 0.769 e. The Morgan fingerprint density at radius 2 is 2.03 bits per heavy atom. The van der Waals surface area contributed by atoms with Gasteiger partial charge in [0.1, 0.15) is 22.8 Å². The van der Waals surface area contributed by atoms with E-state index in [-0.39, 0.29) is 11.0 Å². The summed E-state index contributed by atoms with van der Waals surface area (Å²) in [5.41, 5.74) is 5.12. The maximum atomic E-state index is 11.5. The zero-order valence-electron chi connectivity index (χ0n) is 19.7. The van der Waals surface area contributed by atoms with Gasteiger partial charge in [0.2, 0.25) is 0 Å². The van der Waals surface area contributed by atoms with E-state index in [0.29, 0.717) is 28.1 Å². The van der Waals surface area contributed by atoms with Crippen molar-refractivity contribution in [2.24, 2.45) is 12.0 Å². The van der Waals surface area contributed by atoms with Gasteiger partial charge in [-0.25, -0.2) is 14.5 Å². The van der Waals surface area contributed by atoms with Crippen LogP contribution in [0.3, 0.4) is 0 Å². The molecule has 0 spiro atoms. The molecular weight excluding hydrogens is 452 g/mol. The lowest BCUT2D eigenvalue weighted by Gasteiger charge is -2.21. The minimum absolute atomic E-state index is 0.171. The van der Waals surface area contributed by atoms with Gasteiger partial charge in [-0.15, -0.1) is 0 Å². The number of hydrogen-bond acceptors (Lipinski definition) is 7. The van der Waals surface area contributed by atoms with Crippen molar-refractivity contribution in [3.63, 3.8) is 0 Å². The van der Waals surface area contributed by atoms with Crippen LogP contribution in [-0.4, -0.2) is 46.2 Å². The van der Waals surface area contributed by atoms with Crippen LogP contribution in [0.2, 0.25) is 0 Å². The quantitative estimate of drug-likeness (QED) is 0.423. The number of H-pyrrole nitrogens is 1. The van der Waals surface area contributed by atoms with Crippen LogP contribution in [-0.2, 0) is 18.1 Å². The van der Waals surface area contributed by atoms with Crippen LogP contribution in [0.15, 0.2) is 29.3 Å². The molecule has 11 heteroatoms. The number of aromatic amines is 1. The number of hydrogen-bond donors (Lipinski definition) is 1. The molecule has 0 radical (unpaired) electrons. The number of fused-ring (bicyclic) bond motifs is 1. The average Bonchev–Trinajstić information content (AvgIpc) is 3.42. The van der Waals surface area contributed by atoms with Crippen molar-refractivity contribution in [1.82, 2.24) is 24.4 Å². The van der Waals surface area contributed by atoms with Crippen molar-refractivity contribution >= 4 is 33.5 Å². The molecule has 1 aromatic carbocycles. The molecule has 10 nitrogen and oxygen atoms in total. The molecule has 0 bridgehead atoms. The van der Waals surface area contributed by atoms with Crippen molar-refractivity contribution < 1.29 is 8.76 Å². The third-order valence-electron chi connectivity index (χ3n) is 5.79. The van der Waals surface area contributed by atoms with Gasteiger partial charge in [0, 0.05) is 36.9 Å². The Hall–Kier alpha value is -3.75. The van der Waals surface area contributed by atoms with Gasteiger partial charge in [0.25, 0.3) is 0 Å². The van der Waals surface area contributed by atoms with Crippen LogP contribution in [0, 0.1) is 25.2 Å². The van der Waals surface area contributed by atoms with Crippen molar-refractivity contribution in [1.29, 1.82) is 5.26 Å². The molecule has 1 N–H and O–H groups in total. The molecule has 4 rings (SSSR count). The second-order valence-electron chi connectivity index (χ2n) is 7.88. The molecule has 0 aliphatic heterocycles. The van der Waals surface area contributed by atoms with E-state index in [1.807, 2.05) is 39.1 Å². The Kier molecular flexibility index (Phi) is 6.37. The number of benzene rings is 1. The number of aryl methyl sites for hydroxylation is 3. The highest BCUT2D eigenvalue weighted by Gasteiger charge is 2.20. The molecule has 0 aliphatic carbocycles. The summed E-state index contributed by atoms with van der Waals surface area (Å²) in [7, 11) is 1.81. The first-order valence-corrected chi connectivity index (χ1v) is 12.0. The Labute approximate surface area is 199 Å². The Morgan fingerprint density at radius 1 is 1.29 bits per heavy atom. The standard InChI is InChI=1S/C23H26N8O2S/c1-6-30(7-2)16-8-9-17(14(3)10-16)25-21-20(13-34(32)33)28-31-22(19(12-24)26-23(21)31)18-11-15(4)29(5)27-18/h8-11,13,28H,6-7H2,1-5H3,(H,32,33)/p-1/b20-13-,25-21?. The van der Waals surface area contributed by atoms with Crippen LogP contribution >= 0.6 is 0 Å². The summed E-state index contributed by atoms with van der Waals surface area (Å²) in [6, 6.07) is 9.91. The number of nitrogens with one attached hydrogen (secondary N) is 1. The number of anilines is 1. The summed E-state index contributed by atoms with van der Waals surface area (Å²) in [6.45, 7) is 9.84. The lowest BCUT2D eigenvalue weighted by Crippen LogP contribution is -2.24. The van der Waals surface area contributed by atoms with E-state index in [1.54, 1.807) is 9.20 Å². The Bertz CT molecular complexity index is 1550. The summed E-state index contributed by atoms with van der Waals surface area (Å²) < 4.78 is 26.3. The smallest absolute Gasteiger partial charge is 0.181 e. The van der Waals surface area contributed by atoms with E-state index in [9.17, 15) is 14.0 Å². The molecule has 34 heavy (non-hydrogen) atoms. The third-order valence-corrected chi connectivity index (χ3v) is 6.22. The highest BCUT2D eigenvalue weighted by Crippen LogP contribution is 2.25. The predicted molar refractivity (Wildman–Crippen MR) is 130 cm³/mol. The zero-order chi connectivity index (χ0) is 24.6. The Balaban J connectivity index is 2.00. The Morgan fingerprint density at radius 3 is 2.59 bits per heavy atom. The number of nitriles is 1. The summed E-state index contributed by atoms with van der Waals surface area (Å²) >= 11 is -2.47. The highest BCUT2D eigenvalue weighted by atomic mass is 32.2. The van der Waals surface area contributed by atoms with Gasteiger partial charge in [-0.05, 0) is 68.6 Å². The molecule has 0 saturated heterocycles.